The van der Waals surface area contributed by atoms with Gasteiger partial charge in [-0.3, -0.25) is 0 Å². The van der Waals surface area contributed by atoms with E-state index in [4.69, 9.17) is 10.2 Å². The third-order valence-corrected chi connectivity index (χ3v) is 1.28. The molecule has 2 N–H and O–H groups in total. The Morgan fingerprint density at radius 2 is 2.22 bits per heavy atom. The second-order valence-corrected chi connectivity index (χ2v) is 2.13. The summed E-state index contributed by atoms with van der Waals surface area (Å²) in [7, 11) is 0. The first-order valence-electron chi connectivity index (χ1n) is 2.95. The van der Waals surface area contributed by atoms with Gasteiger partial charge in [0, 0.05) is 18.9 Å². The molecule has 0 heterocycles. The van der Waals surface area contributed by atoms with E-state index in [1.54, 1.807) is 6.92 Å². The van der Waals surface area contributed by atoms with Crippen LogP contribution in [0.3, 0.4) is 0 Å². The van der Waals surface area contributed by atoms with Gasteiger partial charge in [0.2, 0.25) is 0 Å². The molecule has 0 aliphatic carbocycles. The first-order valence-corrected chi connectivity index (χ1v) is 2.95. The van der Waals surface area contributed by atoms with Crippen molar-refractivity contribution in [1.29, 1.82) is 0 Å². The van der Waals surface area contributed by atoms with E-state index >= 15 is 0 Å². The topological polar surface area (TPSA) is 57.5 Å². The minimum atomic E-state index is -0.688. The van der Waals surface area contributed by atoms with Crippen LogP contribution in [0.25, 0.3) is 0 Å². The van der Waals surface area contributed by atoms with Crippen molar-refractivity contribution in [2.45, 2.75) is 19.4 Å². The summed E-state index contributed by atoms with van der Waals surface area (Å²) in [5, 5.41) is 17.4. The third-order valence-electron chi connectivity index (χ3n) is 1.28. The highest BCUT2D eigenvalue weighted by Gasteiger charge is 2.11. The van der Waals surface area contributed by atoms with Gasteiger partial charge in [-0.15, -0.1) is 0 Å². The first-order chi connectivity index (χ1) is 4.22. The molecule has 54 valence electrons. The Labute approximate surface area is 54.3 Å². The minimum Gasteiger partial charge on any atom is -0.396 e. The normalized spacial score (nSPS) is 16.8. The quantitative estimate of drug-likeness (QED) is 0.510. The average molecular weight is 132 g/mol. The number of hydrogen-bond donors (Lipinski definition) is 2. The van der Waals surface area contributed by atoms with Gasteiger partial charge >= 0.3 is 0 Å². The molecule has 0 radical (unpaired) electrons. The number of aliphatic hydroxyl groups excluding tert-OH is 2. The van der Waals surface area contributed by atoms with Crippen molar-refractivity contribution < 1.29 is 15.0 Å². The number of aldehydes is 1. The standard InChI is InChI=1S/C6H12O3/c1-5(4-8)6(9)2-3-7/h3,5-6,8-9H,2,4H2,1H3/t5-,6-/m0/s1. The zero-order chi connectivity index (χ0) is 7.28. The molecule has 0 unspecified atom stereocenters. The van der Waals surface area contributed by atoms with Gasteiger partial charge in [0.1, 0.15) is 6.29 Å². The molecule has 0 rings (SSSR count). The van der Waals surface area contributed by atoms with Crippen LogP contribution in [0.4, 0.5) is 0 Å². The van der Waals surface area contributed by atoms with Crippen LogP contribution < -0.4 is 0 Å². The lowest BCUT2D eigenvalue weighted by molar-refractivity contribution is -0.110. The Morgan fingerprint density at radius 3 is 2.56 bits per heavy atom. The Bertz CT molecular complexity index is 82.4. The lowest BCUT2D eigenvalue weighted by Gasteiger charge is -2.12. The maximum atomic E-state index is 9.79. The van der Waals surface area contributed by atoms with Gasteiger partial charge in [-0.05, 0) is 0 Å². The van der Waals surface area contributed by atoms with Crippen LogP contribution in [0.1, 0.15) is 13.3 Å². The number of aliphatic hydroxyl groups is 2. The lowest BCUT2D eigenvalue weighted by atomic mass is 10.0. The van der Waals surface area contributed by atoms with Crippen molar-refractivity contribution in [2.24, 2.45) is 5.92 Å². The molecule has 0 saturated carbocycles. The summed E-state index contributed by atoms with van der Waals surface area (Å²) < 4.78 is 0. The van der Waals surface area contributed by atoms with Crippen LogP contribution in [-0.2, 0) is 4.79 Å². The molecule has 0 fully saturated rings. The van der Waals surface area contributed by atoms with Crippen LogP contribution in [0, 0.1) is 5.92 Å². The van der Waals surface area contributed by atoms with Gasteiger partial charge < -0.3 is 15.0 Å². The smallest absolute Gasteiger partial charge is 0.122 e. The molecular weight excluding hydrogens is 120 g/mol. The van der Waals surface area contributed by atoms with Gasteiger partial charge in [0.05, 0.1) is 6.10 Å². The molecule has 0 aliphatic heterocycles. The summed E-state index contributed by atoms with van der Waals surface area (Å²) >= 11 is 0. The van der Waals surface area contributed by atoms with Crippen molar-refractivity contribution in [3.63, 3.8) is 0 Å². The molecule has 2 atom stereocenters. The Balaban J connectivity index is 3.44. The first kappa shape index (κ1) is 8.59. The van der Waals surface area contributed by atoms with E-state index in [0.717, 1.165) is 0 Å². The molecule has 0 bridgehead atoms. The summed E-state index contributed by atoms with van der Waals surface area (Å²) in [6.07, 6.45) is 0.0750. The van der Waals surface area contributed by atoms with Crippen molar-refractivity contribution >= 4 is 6.29 Å². The van der Waals surface area contributed by atoms with E-state index in [2.05, 4.69) is 0 Å². The molecule has 0 amide bonds. The maximum Gasteiger partial charge on any atom is 0.122 e. The summed E-state index contributed by atoms with van der Waals surface area (Å²) in [6.45, 7) is 1.61. The third kappa shape index (κ3) is 3.21. The van der Waals surface area contributed by atoms with Gasteiger partial charge in [0.15, 0.2) is 0 Å². The zero-order valence-electron chi connectivity index (χ0n) is 5.45. The van der Waals surface area contributed by atoms with E-state index in [1.165, 1.54) is 0 Å². The predicted octanol–water partition coefficient (Wildman–Crippen LogP) is -0.435. The summed E-state index contributed by atoms with van der Waals surface area (Å²) in [5.74, 6) is -0.199. The second kappa shape index (κ2) is 4.47. The number of hydrogen-bond acceptors (Lipinski definition) is 3. The van der Waals surface area contributed by atoms with E-state index in [9.17, 15) is 4.79 Å². The SMILES string of the molecule is C[C@@H](CO)[C@@H](O)CC=O. The highest BCUT2D eigenvalue weighted by Crippen LogP contribution is 2.02. The van der Waals surface area contributed by atoms with Crippen molar-refractivity contribution in [1.82, 2.24) is 0 Å². The fourth-order valence-electron chi connectivity index (χ4n) is 0.453. The van der Waals surface area contributed by atoms with E-state index in [0.29, 0.717) is 6.29 Å². The Morgan fingerprint density at radius 1 is 1.67 bits per heavy atom. The predicted molar refractivity (Wildman–Crippen MR) is 32.9 cm³/mol. The van der Waals surface area contributed by atoms with Crippen LogP contribution >= 0.6 is 0 Å². The maximum absolute atomic E-state index is 9.79. The van der Waals surface area contributed by atoms with Gasteiger partial charge in [0.25, 0.3) is 0 Å². The monoisotopic (exact) mass is 132 g/mol. The van der Waals surface area contributed by atoms with E-state index < -0.39 is 6.10 Å². The minimum absolute atomic E-state index is 0.0744. The van der Waals surface area contributed by atoms with Crippen LogP contribution in [0.2, 0.25) is 0 Å². The highest BCUT2D eigenvalue weighted by atomic mass is 16.3. The van der Waals surface area contributed by atoms with Crippen molar-refractivity contribution in [3.8, 4) is 0 Å². The van der Waals surface area contributed by atoms with Gasteiger partial charge in [-0.1, -0.05) is 6.92 Å². The largest absolute Gasteiger partial charge is 0.396 e. The Kier molecular flexibility index (Phi) is 4.26. The molecule has 3 nitrogen and oxygen atoms in total. The summed E-state index contributed by atoms with van der Waals surface area (Å²) in [5.41, 5.74) is 0. The summed E-state index contributed by atoms with van der Waals surface area (Å²) in [4.78, 5) is 9.79. The second-order valence-electron chi connectivity index (χ2n) is 2.13. The molecule has 3 heteroatoms. The molecule has 0 aromatic rings. The highest BCUT2D eigenvalue weighted by molar-refractivity contribution is 5.50. The van der Waals surface area contributed by atoms with Crippen LogP contribution in [-0.4, -0.2) is 29.2 Å². The van der Waals surface area contributed by atoms with E-state index in [1.807, 2.05) is 0 Å². The van der Waals surface area contributed by atoms with Crippen molar-refractivity contribution in [2.75, 3.05) is 6.61 Å². The molecule has 0 saturated heterocycles. The zero-order valence-corrected chi connectivity index (χ0v) is 5.45. The molecule has 9 heavy (non-hydrogen) atoms. The van der Waals surface area contributed by atoms with Crippen LogP contribution in [0.15, 0.2) is 0 Å². The molecule has 0 aromatic heterocycles. The fraction of sp³-hybridized carbons (Fsp3) is 0.833. The molecule has 0 aliphatic rings. The van der Waals surface area contributed by atoms with E-state index in [-0.39, 0.29) is 18.9 Å². The Hall–Kier alpha value is -0.410. The average Bonchev–Trinajstić information content (AvgIpc) is 1.87. The van der Waals surface area contributed by atoms with Gasteiger partial charge in [-0.2, -0.15) is 0 Å². The number of carbonyl (C=O) groups is 1. The summed E-state index contributed by atoms with van der Waals surface area (Å²) in [6, 6.07) is 0. The number of carbonyl (C=O) groups excluding carboxylic acids is 1. The van der Waals surface area contributed by atoms with Crippen LogP contribution in [0.5, 0.6) is 0 Å². The lowest BCUT2D eigenvalue weighted by Crippen LogP contribution is -2.20. The molecule has 0 aromatic carbocycles. The fourth-order valence-corrected chi connectivity index (χ4v) is 0.453. The molecular formula is C6H12O3. The number of rotatable bonds is 4. The molecule has 0 spiro atoms. The van der Waals surface area contributed by atoms with Gasteiger partial charge in [-0.25, -0.2) is 0 Å². The van der Waals surface area contributed by atoms with Crippen molar-refractivity contribution in [3.05, 3.63) is 0 Å².